The van der Waals surface area contributed by atoms with Gasteiger partial charge in [0.05, 0.1) is 5.69 Å². The number of thiophene rings is 1. The maximum absolute atomic E-state index is 11.9. The van der Waals surface area contributed by atoms with Gasteiger partial charge in [0, 0.05) is 17.1 Å². The first-order chi connectivity index (χ1) is 9.03. The molecule has 1 aromatic heterocycles. The number of benzene rings is 1. The second kappa shape index (κ2) is 5.60. The molecule has 0 amide bonds. The van der Waals surface area contributed by atoms with E-state index in [0.717, 1.165) is 4.88 Å². The third kappa shape index (κ3) is 3.25. The summed E-state index contributed by atoms with van der Waals surface area (Å²) in [5, 5.41) is 5.10. The minimum atomic E-state index is -3.53. The van der Waals surface area contributed by atoms with E-state index in [1.54, 1.807) is 23.5 Å². The smallest absolute Gasteiger partial charge is 0.242 e. The lowest BCUT2D eigenvalue weighted by Crippen LogP contribution is -2.20. The highest BCUT2D eigenvalue weighted by atomic mass is 32.2. The number of hydrogen-bond donors (Lipinski definition) is 3. The highest BCUT2D eigenvalue weighted by Crippen LogP contribution is 2.24. The van der Waals surface area contributed by atoms with E-state index in [-0.39, 0.29) is 4.90 Å². The Balaban J connectivity index is 2.30. The van der Waals surface area contributed by atoms with E-state index >= 15 is 0 Å². The molecule has 0 radical (unpaired) electrons. The lowest BCUT2D eigenvalue weighted by Gasteiger charge is -2.12. The van der Waals surface area contributed by atoms with Crippen molar-refractivity contribution >= 4 is 32.7 Å². The number of nitrogen functional groups attached to an aromatic ring is 1. The molecule has 0 unspecified atom stereocenters. The summed E-state index contributed by atoms with van der Waals surface area (Å²) in [4.78, 5) is 1.29. The van der Waals surface area contributed by atoms with E-state index in [0.29, 0.717) is 17.9 Å². The van der Waals surface area contributed by atoms with E-state index in [2.05, 4.69) is 10.0 Å². The molecule has 102 valence electrons. The molecule has 5 nitrogen and oxygen atoms in total. The first-order valence-corrected chi connectivity index (χ1v) is 7.98. The van der Waals surface area contributed by atoms with Crippen LogP contribution >= 0.6 is 11.3 Å². The Morgan fingerprint density at radius 2 is 2.11 bits per heavy atom. The molecule has 0 aliphatic rings. The van der Waals surface area contributed by atoms with Gasteiger partial charge in [-0.15, -0.1) is 11.3 Å². The molecular weight excluding hydrogens is 282 g/mol. The molecule has 0 aliphatic heterocycles. The number of rotatable bonds is 5. The largest absolute Gasteiger partial charge is 0.399 e. The lowest BCUT2D eigenvalue weighted by atomic mass is 10.3. The fourth-order valence-corrected chi connectivity index (χ4v) is 3.20. The minimum absolute atomic E-state index is 0.159. The molecule has 0 saturated heterocycles. The average molecular weight is 297 g/mol. The van der Waals surface area contributed by atoms with Gasteiger partial charge in [-0.25, -0.2) is 13.1 Å². The molecule has 1 aromatic carbocycles. The first-order valence-electron chi connectivity index (χ1n) is 5.62. The summed E-state index contributed by atoms with van der Waals surface area (Å²) >= 11 is 1.61. The summed E-state index contributed by atoms with van der Waals surface area (Å²) in [6.45, 7) is 0.577. The summed E-state index contributed by atoms with van der Waals surface area (Å²) in [6, 6.07) is 8.73. The molecule has 4 N–H and O–H groups in total. The molecule has 2 rings (SSSR count). The zero-order valence-electron chi connectivity index (χ0n) is 10.4. The zero-order valence-corrected chi connectivity index (χ0v) is 12.0. The van der Waals surface area contributed by atoms with E-state index in [9.17, 15) is 8.42 Å². The third-order valence-corrected chi connectivity index (χ3v) is 4.93. The van der Waals surface area contributed by atoms with Crippen molar-refractivity contribution in [1.82, 2.24) is 4.72 Å². The molecule has 0 fully saturated rings. The molecule has 2 aromatic rings. The molecular formula is C12H15N3O2S2. The van der Waals surface area contributed by atoms with Crippen LogP contribution < -0.4 is 15.8 Å². The van der Waals surface area contributed by atoms with Gasteiger partial charge in [0.15, 0.2) is 0 Å². The number of anilines is 2. The van der Waals surface area contributed by atoms with Crippen LogP contribution in [-0.4, -0.2) is 15.5 Å². The van der Waals surface area contributed by atoms with Crippen LogP contribution in [0.4, 0.5) is 11.4 Å². The quantitative estimate of drug-likeness (QED) is 0.735. The van der Waals surface area contributed by atoms with Gasteiger partial charge in [-0.3, -0.25) is 0 Å². The molecule has 0 bridgehead atoms. The van der Waals surface area contributed by atoms with Crippen molar-refractivity contribution in [1.29, 1.82) is 0 Å². The van der Waals surface area contributed by atoms with Crippen molar-refractivity contribution in [3.63, 3.8) is 0 Å². The standard InChI is InChI=1S/C12H15N3O2S2/c1-14-19(16,17)12-7-9(13)4-5-11(12)15-8-10-3-2-6-18-10/h2-7,14-15H,8,13H2,1H3. The van der Waals surface area contributed by atoms with Crippen LogP contribution in [0.2, 0.25) is 0 Å². The van der Waals surface area contributed by atoms with E-state index in [1.165, 1.54) is 13.1 Å². The fourth-order valence-electron chi connectivity index (χ4n) is 1.61. The Labute approximate surface area is 116 Å². The van der Waals surface area contributed by atoms with Crippen molar-refractivity contribution in [2.24, 2.45) is 0 Å². The Kier molecular flexibility index (Phi) is 4.08. The van der Waals surface area contributed by atoms with Crippen molar-refractivity contribution < 1.29 is 8.42 Å². The summed E-state index contributed by atoms with van der Waals surface area (Å²) in [5.41, 5.74) is 6.60. The van der Waals surface area contributed by atoms with E-state index in [4.69, 9.17) is 5.73 Å². The molecule has 0 atom stereocenters. The van der Waals surface area contributed by atoms with Crippen LogP contribution in [0.5, 0.6) is 0 Å². The van der Waals surface area contributed by atoms with Crippen LogP contribution in [0.3, 0.4) is 0 Å². The maximum Gasteiger partial charge on any atom is 0.242 e. The van der Waals surface area contributed by atoms with Gasteiger partial charge in [0.1, 0.15) is 4.90 Å². The highest BCUT2D eigenvalue weighted by Gasteiger charge is 2.16. The number of nitrogens with two attached hydrogens (primary N) is 1. The normalized spacial score (nSPS) is 11.4. The van der Waals surface area contributed by atoms with Gasteiger partial charge < -0.3 is 11.1 Å². The molecule has 7 heteroatoms. The van der Waals surface area contributed by atoms with Crippen LogP contribution in [-0.2, 0) is 16.6 Å². The predicted molar refractivity (Wildman–Crippen MR) is 78.7 cm³/mol. The predicted octanol–water partition coefficient (Wildman–Crippen LogP) is 1.85. The molecule has 0 aliphatic carbocycles. The first kappa shape index (κ1) is 13.9. The maximum atomic E-state index is 11.9. The second-order valence-corrected chi connectivity index (χ2v) is 6.78. The molecule has 0 saturated carbocycles. The van der Waals surface area contributed by atoms with E-state index in [1.807, 2.05) is 17.5 Å². The monoisotopic (exact) mass is 297 g/mol. The van der Waals surface area contributed by atoms with Crippen LogP contribution in [0.1, 0.15) is 4.88 Å². The Morgan fingerprint density at radius 1 is 1.32 bits per heavy atom. The van der Waals surface area contributed by atoms with Crippen LogP contribution in [0, 0.1) is 0 Å². The Hall–Kier alpha value is -1.57. The van der Waals surface area contributed by atoms with E-state index < -0.39 is 10.0 Å². The molecule has 19 heavy (non-hydrogen) atoms. The van der Waals surface area contributed by atoms with Crippen molar-refractivity contribution in [2.75, 3.05) is 18.1 Å². The number of sulfonamides is 1. The van der Waals surface area contributed by atoms with Gasteiger partial charge in [-0.1, -0.05) is 6.07 Å². The van der Waals surface area contributed by atoms with Crippen LogP contribution in [0.25, 0.3) is 0 Å². The van der Waals surface area contributed by atoms with Crippen LogP contribution in [0.15, 0.2) is 40.6 Å². The second-order valence-electron chi connectivity index (χ2n) is 3.90. The summed E-state index contributed by atoms with van der Waals surface area (Å²) < 4.78 is 26.2. The van der Waals surface area contributed by atoms with Gasteiger partial charge in [-0.2, -0.15) is 0 Å². The SMILES string of the molecule is CNS(=O)(=O)c1cc(N)ccc1NCc1cccs1. The molecule has 0 spiro atoms. The Bertz CT molecular complexity index is 652. The summed E-state index contributed by atoms with van der Waals surface area (Å²) in [6.07, 6.45) is 0. The van der Waals surface area contributed by atoms with Gasteiger partial charge in [0.25, 0.3) is 0 Å². The fraction of sp³-hybridized carbons (Fsp3) is 0.167. The summed E-state index contributed by atoms with van der Waals surface area (Å²) in [7, 11) is -2.15. The minimum Gasteiger partial charge on any atom is -0.399 e. The van der Waals surface area contributed by atoms with Crippen molar-refractivity contribution in [3.05, 3.63) is 40.6 Å². The summed E-state index contributed by atoms with van der Waals surface area (Å²) in [5.74, 6) is 0. The number of hydrogen-bond acceptors (Lipinski definition) is 5. The zero-order chi connectivity index (χ0) is 13.9. The van der Waals surface area contributed by atoms with Gasteiger partial charge in [-0.05, 0) is 36.7 Å². The van der Waals surface area contributed by atoms with Gasteiger partial charge >= 0.3 is 0 Å². The number of nitrogens with one attached hydrogen (secondary N) is 2. The Morgan fingerprint density at radius 3 is 2.74 bits per heavy atom. The molecule has 1 heterocycles. The lowest BCUT2D eigenvalue weighted by molar-refractivity contribution is 0.588. The third-order valence-electron chi connectivity index (χ3n) is 2.60. The average Bonchev–Trinajstić information content (AvgIpc) is 2.90. The topological polar surface area (TPSA) is 84.2 Å². The van der Waals surface area contributed by atoms with Gasteiger partial charge in [0.2, 0.25) is 10.0 Å². The van der Waals surface area contributed by atoms with Crippen molar-refractivity contribution in [3.8, 4) is 0 Å². The van der Waals surface area contributed by atoms with Crippen molar-refractivity contribution in [2.45, 2.75) is 11.4 Å². The highest BCUT2D eigenvalue weighted by molar-refractivity contribution is 7.89.